The van der Waals surface area contributed by atoms with E-state index < -0.39 is 64.7 Å². The van der Waals surface area contributed by atoms with Gasteiger partial charge in [0.2, 0.25) is 5.91 Å². The molecule has 11 nitrogen and oxygen atoms in total. The summed E-state index contributed by atoms with van der Waals surface area (Å²) >= 11 is 0. The molecule has 208 valence electrons. The van der Waals surface area contributed by atoms with Crippen molar-refractivity contribution in [3.63, 3.8) is 0 Å². The highest BCUT2D eigenvalue weighted by molar-refractivity contribution is 6.25. The standard InChI is InChI=1S/C28H34N4O7/c1-31(2)22-17-10-14-9-16-13(11-30-12-15-5-4-8-32(15)3)6-7-18(33)20(16)23(34)19(14)25(36)28(17,39)26(37)21(24(22)35)27(29)38/h4-8,14,17,19,21-22,24,30,33,35,39H,9-12H2,1-3H3,(H2,29,38)/t14-,17-,19?,21?,22-,24?,28-/m1/s1. The number of aryl methyl sites for hydroxylation is 1. The van der Waals surface area contributed by atoms with Crippen LogP contribution in [0.1, 0.15) is 33.6 Å². The van der Waals surface area contributed by atoms with Crippen molar-refractivity contribution < 1.29 is 34.5 Å². The van der Waals surface area contributed by atoms with Crippen LogP contribution in [-0.2, 0) is 40.9 Å². The third-order valence-corrected chi connectivity index (χ3v) is 8.94. The summed E-state index contributed by atoms with van der Waals surface area (Å²) in [5.41, 5.74) is 5.26. The van der Waals surface area contributed by atoms with Crippen LogP contribution in [0.25, 0.3) is 0 Å². The second-order valence-corrected chi connectivity index (χ2v) is 11.3. The Hall–Kier alpha value is -3.38. The second-order valence-electron chi connectivity index (χ2n) is 11.3. The molecule has 2 aromatic rings. The van der Waals surface area contributed by atoms with Gasteiger partial charge >= 0.3 is 0 Å². The van der Waals surface area contributed by atoms with Crippen molar-refractivity contribution in [1.29, 1.82) is 0 Å². The number of nitrogens with one attached hydrogen (secondary N) is 1. The molecule has 0 radical (unpaired) electrons. The smallest absolute Gasteiger partial charge is 0.230 e. The molecule has 3 aliphatic carbocycles. The number of aromatic nitrogens is 1. The number of carbonyl (C=O) groups excluding carboxylic acids is 4. The summed E-state index contributed by atoms with van der Waals surface area (Å²) in [5.74, 6) is -9.02. The summed E-state index contributed by atoms with van der Waals surface area (Å²) in [4.78, 5) is 54.7. The van der Waals surface area contributed by atoms with Gasteiger partial charge in [-0.1, -0.05) is 6.07 Å². The highest BCUT2D eigenvalue weighted by Gasteiger charge is 2.69. The number of rotatable bonds is 6. The van der Waals surface area contributed by atoms with Crippen molar-refractivity contribution in [1.82, 2.24) is 14.8 Å². The van der Waals surface area contributed by atoms with E-state index in [1.165, 1.54) is 6.07 Å². The average molecular weight is 539 g/mol. The van der Waals surface area contributed by atoms with Crippen LogP contribution >= 0.6 is 0 Å². The Morgan fingerprint density at radius 3 is 2.51 bits per heavy atom. The van der Waals surface area contributed by atoms with Gasteiger partial charge in [-0.05, 0) is 62.2 Å². The fourth-order valence-corrected chi connectivity index (χ4v) is 7.06. The van der Waals surface area contributed by atoms with Crippen LogP contribution in [0.2, 0.25) is 0 Å². The summed E-state index contributed by atoms with van der Waals surface area (Å²) in [6, 6.07) is 6.16. The first-order chi connectivity index (χ1) is 18.4. The number of ketones is 3. The SMILES string of the molecule is CN(C)[C@H]1C(O)C(C(N)=O)C(=O)[C@]2(O)C(=O)C3C(=O)c4c(O)ccc(CNCc5cccn5C)c4C[C@@H]3C[C@H]12. The fraction of sp³-hybridized carbons (Fsp3) is 0.500. The monoisotopic (exact) mass is 538 g/mol. The zero-order valence-electron chi connectivity index (χ0n) is 22.1. The van der Waals surface area contributed by atoms with Crippen LogP contribution in [0.5, 0.6) is 5.75 Å². The Morgan fingerprint density at radius 1 is 1.18 bits per heavy atom. The summed E-state index contributed by atoms with van der Waals surface area (Å²) in [6.45, 7) is 0.996. The molecule has 1 aromatic heterocycles. The highest BCUT2D eigenvalue weighted by Crippen LogP contribution is 2.51. The van der Waals surface area contributed by atoms with E-state index >= 15 is 0 Å². The molecule has 1 aromatic carbocycles. The maximum atomic E-state index is 13.9. The van der Waals surface area contributed by atoms with Gasteiger partial charge in [-0.3, -0.25) is 19.2 Å². The zero-order valence-corrected chi connectivity index (χ0v) is 22.1. The van der Waals surface area contributed by atoms with Crippen molar-refractivity contribution in [3.8, 4) is 5.75 Å². The van der Waals surface area contributed by atoms with Gasteiger partial charge in [0.25, 0.3) is 0 Å². The molecule has 3 unspecified atom stereocenters. The number of phenolic OH excluding ortho intramolecular Hbond substituents is 1. The summed E-state index contributed by atoms with van der Waals surface area (Å²) < 4.78 is 1.99. The van der Waals surface area contributed by atoms with E-state index in [1.54, 1.807) is 25.1 Å². The topological polar surface area (TPSA) is 175 Å². The van der Waals surface area contributed by atoms with Crippen LogP contribution in [0.15, 0.2) is 30.5 Å². The van der Waals surface area contributed by atoms with E-state index in [4.69, 9.17) is 5.73 Å². The van der Waals surface area contributed by atoms with Gasteiger partial charge < -0.3 is 35.8 Å². The molecule has 39 heavy (non-hydrogen) atoms. The number of amides is 1. The number of carbonyl (C=O) groups is 4. The van der Waals surface area contributed by atoms with Crippen molar-refractivity contribution in [3.05, 3.63) is 52.8 Å². The molecule has 11 heteroatoms. The Balaban J connectivity index is 1.51. The van der Waals surface area contributed by atoms with Gasteiger partial charge in [0.1, 0.15) is 11.7 Å². The normalized spacial score (nSPS) is 32.1. The predicted molar refractivity (Wildman–Crippen MR) is 138 cm³/mol. The number of hydrogen-bond donors (Lipinski definition) is 5. The van der Waals surface area contributed by atoms with Gasteiger partial charge in [-0.2, -0.15) is 0 Å². The quantitative estimate of drug-likeness (QED) is 0.297. The van der Waals surface area contributed by atoms with Gasteiger partial charge in [-0.15, -0.1) is 0 Å². The van der Waals surface area contributed by atoms with Crippen LogP contribution in [0.3, 0.4) is 0 Å². The third kappa shape index (κ3) is 4.03. The highest BCUT2D eigenvalue weighted by atomic mass is 16.3. The van der Waals surface area contributed by atoms with E-state index in [-0.39, 0.29) is 24.2 Å². The Kier molecular flexibility index (Phi) is 6.74. The summed E-state index contributed by atoms with van der Waals surface area (Å²) in [5, 5.41) is 36.7. The number of nitrogens with two attached hydrogens (primary N) is 1. The first-order valence-electron chi connectivity index (χ1n) is 13.0. The number of aliphatic hydroxyl groups excluding tert-OH is 1. The predicted octanol–water partition coefficient (Wildman–Crippen LogP) is -0.713. The molecule has 3 aliphatic rings. The number of hydrogen-bond acceptors (Lipinski definition) is 9. The second kappa shape index (κ2) is 9.67. The van der Waals surface area contributed by atoms with Gasteiger partial charge in [0.15, 0.2) is 23.0 Å². The number of phenols is 1. The molecule has 0 saturated heterocycles. The molecule has 0 aliphatic heterocycles. The number of Topliss-reactive ketones (excluding diaryl/α,β-unsaturated/α-hetero) is 3. The maximum Gasteiger partial charge on any atom is 0.230 e. The first-order valence-corrected chi connectivity index (χ1v) is 13.0. The number of benzene rings is 1. The minimum atomic E-state index is -2.66. The maximum absolute atomic E-state index is 13.9. The van der Waals surface area contributed by atoms with Crippen molar-refractivity contribution in [2.24, 2.45) is 36.5 Å². The number of aromatic hydroxyl groups is 1. The number of likely N-dealkylation sites (N-methyl/N-ethyl adjacent to an activating group) is 1. The Bertz CT molecular complexity index is 1370. The lowest BCUT2D eigenvalue weighted by molar-refractivity contribution is -0.190. The van der Waals surface area contributed by atoms with E-state index in [0.29, 0.717) is 18.7 Å². The van der Waals surface area contributed by atoms with Gasteiger partial charge in [-0.25, -0.2) is 0 Å². The first kappa shape index (κ1) is 27.2. The summed E-state index contributed by atoms with van der Waals surface area (Å²) in [6.07, 6.45) is 0.774. The van der Waals surface area contributed by atoms with Crippen LogP contribution in [0.4, 0.5) is 0 Å². The lowest BCUT2D eigenvalue weighted by Crippen LogP contribution is -2.75. The molecule has 6 N–H and O–H groups in total. The van der Waals surface area contributed by atoms with Gasteiger partial charge in [0.05, 0.1) is 17.6 Å². The third-order valence-electron chi connectivity index (χ3n) is 8.94. The number of aliphatic hydroxyl groups is 2. The lowest BCUT2D eigenvalue weighted by Gasteiger charge is -2.54. The molecule has 0 spiro atoms. The average Bonchev–Trinajstić information content (AvgIpc) is 3.26. The molecule has 2 saturated carbocycles. The van der Waals surface area contributed by atoms with Gasteiger partial charge in [0, 0.05) is 44.0 Å². The van der Waals surface area contributed by atoms with Crippen molar-refractivity contribution in [2.45, 2.75) is 43.7 Å². The van der Waals surface area contributed by atoms with Crippen LogP contribution in [0, 0.1) is 23.7 Å². The number of nitrogens with zero attached hydrogens (tertiary/aromatic N) is 2. The molecular formula is C28H34N4O7. The van der Waals surface area contributed by atoms with Crippen LogP contribution < -0.4 is 11.1 Å². The van der Waals surface area contributed by atoms with E-state index in [9.17, 15) is 34.5 Å². The van der Waals surface area contributed by atoms with E-state index in [1.807, 2.05) is 29.9 Å². The van der Waals surface area contributed by atoms with Crippen LogP contribution in [-0.4, -0.2) is 79.9 Å². The molecule has 0 bridgehead atoms. The van der Waals surface area contributed by atoms with E-state index in [2.05, 4.69) is 5.32 Å². The number of fused-ring (bicyclic) bond motifs is 3. The zero-order chi connectivity index (χ0) is 28.4. The van der Waals surface area contributed by atoms with E-state index in [0.717, 1.165) is 11.3 Å². The Labute approximate surface area is 225 Å². The molecule has 2 fully saturated rings. The van der Waals surface area contributed by atoms with Crippen molar-refractivity contribution >= 4 is 23.3 Å². The molecule has 7 atom stereocenters. The number of primary amides is 1. The lowest BCUT2D eigenvalue weighted by atomic mass is 9.52. The fourth-order valence-electron chi connectivity index (χ4n) is 7.06. The molecular weight excluding hydrogens is 504 g/mol. The summed E-state index contributed by atoms with van der Waals surface area (Å²) in [7, 11) is 5.18. The minimum Gasteiger partial charge on any atom is -0.507 e. The minimum absolute atomic E-state index is 0.0173. The largest absolute Gasteiger partial charge is 0.507 e. The Morgan fingerprint density at radius 2 is 1.90 bits per heavy atom. The molecule has 5 rings (SSSR count). The molecule has 1 heterocycles. The van der Waals surface area contributed by atoms with Crippen molar-refractivity contribution in [2.75, 3.05) is 14.1 Å². The molecule has 1 amide bonds.